The van der Waals surface area contributed by atoms with Crippen LogP contribution in [0.1, 0.15) is 40.3 Å². The number of nitrogens with two attached hydrogens (primary N) is 1. The van der Waals surface area contributed by atoms with Crippen LogP contribution >= 0.6 is 0 Å². The Bertz CT molecular complexity index is 1340. The summed E-state index contributed by atoms with van der Waals surface area (Å²) in [7, 11) is 1.04. The van der Waals surface area contributed by atoms with Crippen LogP contribution in [0.3, 0.4) is 0 Å². The van der Waals surface area contributed by atoms with E-state index >= 15 is 0 Å². The molecule has 0 saturated heterocycles. The highest BCUT2D eigenvalue weighted by atomic mass is 19.4. The molecule has 0 radical (unpaired) electrons. The number of aromatic nitrogens is 1. The van der Waals surface area contributed by atoms with Gasteiger partial charge in [0.25, 0.3) is 11.8 Å². The zero-order valence-electron chi connectivity index (χ0n) is 20.3. The van der Waals surface area contributed by atoms with Gasteiger partial charge < -0.3 is 25.3 Å². The first-order valence-corrected chi connectivity index (χ1v) is 10.8. The molecule has 0 unspecified atom stereocenters. The van der Waals surface area contributed by atoms with Crippen LogP contribution in [0, 0.1) is 5.82 Å². The van der Waals surface area contributed by atoms with Crippen LogP contribution in [0.15, 0.2) is 48.7 Å². The number of nitrogens with zero attached hydrogens (tertiary/aromatic N) is 1. The third-order valence-electron chi connectivity index (χ3n) is 4.47. The second-order valence-electron chi connectivity index (χ2n) is 7.04. The number of primary amides is 1. The smallest absolute Gasteiger partial charge is 0.493 e. The predicted molar refractivity (Wildman–Crippen MR) is 123 cm³/mol. The highest BCUT2D eigenvalue weighted by Crippen LogP contribution is 2.39. The highest BCUT2D eigenvalue weighted by molar-refractivity contribution is 6.05. The van der Waals surface area contributed by atoms with Gasteiger partial charge >= 0.3 is 12.5 Å². The van der Waals surface area contributed by atoms with Crippen LogP contribution in [-0.2, 0) is 6.18 Å². The average Bonchev–Trinajstić information content (AvgIpc) is 2.85. The van der Waals surface area contributed by atoms with Crippen LogP contribution in [0.5, 0.6) is 23.0 Å². The van der Waals surface area contributed by atoms with Crippen molar-refractivity contribution >= 4 is 17.5 Å². The lowest BCUT2D eigenvalue weighted by Gasteiger charge is -2.16. The molecule has 2 aromatic carbocycles. The zero-order valence-corrected chi connectivity index (χ0v) is 20.3. The van der Waals surface area contributed by atoms with E-state index in [0.717, 1.165) is 43.5 Å². The van der Waals surface area contributed by atoms with Gasteiger partial charge in [0.05, 0.1) is 18.2 Å². The standard InChI is InChI=1S/C22H14F7N3O5.C2H6/c1-35-16-8-12(37-22(27,28)29)3-5-15(16)36-17-6-10(21(24,25)26)9-31-18(17)20(34)32-11-2-4-14(23)13(7-11)19(30)33;1-2/h2-9H,1H3,(H2,30,33)(H,32,34);1-2H3. The van der Waals surface area contributed by atoms with Crippen molar-refractivity contribution in [3.8, 4) is 23.0 Å². The fraction of sp³-hybridized carbons (Fsp3) is 0.208. The number of ether oxygens (including phenoxy) is 3. The number of pyridine rings is 1. The van der Waals surface area contributed by atoms with E-state index in [4.69, 9.17) is 15.2 Å². The number of halogens is 7. The number of nitrogens with one attached hydrogen (secondary N) is 1. The maximum atomic E-state index is 13.7. The van der Waals surface area contributed by atoms with Crippen molar-refractivity contribution in [3.05, 3.63) is 71.3 Å². The minimum absolute atomic E-state index is 0.154. The van der Waals surface area contributed by atoms with Crippen molar-refractivity contribution in [2.75, 3.05) is 12.4 Å². The van der Waals surface area contributed by atoms with Crippen LogP contribution in [-0.4, -0.2) is 30.3 Å². The Hall–Kier alpha value is -4.56. The molecule has 1 heterocycles. The molecule has 3 aromatic rings. The highest BCUT2D eigenvalue weighted by Gasteiger charge is 2.34. The van der Waals surface area contributed by atoms with Crippen molar-refractivity contribution in [1.82, 2.24) is 4.98 Å². The van der Waals surface area contributed by atoms with Crippen molar-refractivity contribution in [2.24, 2.45) is 5.73 Å². The lowest BCUT2D eigenvalue weighted by molar-refractivity contribution is -0.274. The van der Waals surface area contributed by atoms with Gasteiger partial charge in [0.1, 0.15) is 11.6 Å². The van der Waals surface area contributed by atoms with Crippen LogP contribution < -0.4 is 25.3 Å². The number of hydrogen-bond acceptors (Lipinski definition) is 6. The van der Waals surface area contributed by atoms with Gasteiger partial charge in [-0.3, -0.25) is 9.59 Å². The zero-order chi connectivity index (χ0) is 29.5. The molecule has 39 heavy (non-hydrogen) atoms. The lowest BCUT2D eigenvalue weighted by Crippen LogP contribution is -2.18. The topological polar surface area (TPSA) is 113 Å². The molecule has 0 aliphatic rings. The fourth-order valence-electron chi connectivity index (χ4n) is 2.88. The largest absolute Gasteiger partial charge is 0.573 e. The molecule has 0 aliphatic carbocycles. The first-order valence-electron chi connectivity index (χ1n) is 10.8. The Balaban J connectivity index is 0.00000260. The van der Waals surface area contributed by atoms with Gasteiger partial charge in [0.15, 0.2) is 22.9 Å². The number of alkyl halides is 6. The maximum absolute atomic E-state index is 13.7. The summed E-state index contributed by atoms with van der Waals surface area (Å²) in [6.07, 6.45) is -9.58. The molecular weight excluding hydrogens is 543 g/mol. The molecule has 15 heteroatoms. The molecular formula is C24H20F7N3O5. The number of anilines is 1. The first kappa shape index (κ1) is 30.7. The quantitative estimate of drug-likeness (QED) is 0.326. The van der Waals surface area contributed by atoms with E-state index in [2.05, 4.69) is 15.0 Å². The van der Waals surface area contributed by atoms with E-state index < -0.39 is 58.5 Å². The normalized spacial score (nSPS) is 11.1. The van der Waals surface area contributed by atoms with Crippen LogP contribution in [0.2, 0.25) is 0 Å². The van der Waals surface area contributed by atoms with Crippen molar-refractivity contribution in [1.29, 1.82) is 0 Å². The minimum Gasteiger partial charge on any atom is -0.493 e. The molecule has 2 amide bonds. The monoisotopic (exact) mass is 563 g/mol. The molecule has 0 bridgehead atoms. The van der Waals surface area contributed by atoms with E-state index in [9.17, 15) is 40.3 Å². The number of benzene rings is 2. The van der Waals surface area contributed by atoms with Gasteiger partial charge in [-0.1, -0.05) is 13.8 Å². The molecule has 0 spiro atoms. The van der Waals surface area contributed by atoms with Gasteiger partial charge in [0, 0.05) is 18.0 Å². The van der Waals surface area contributed by atoms with Gasteiger partial charge in [-0.2, -0.15) is 13.2 Å². The summed E-state index contributed by atoms with van der Waals surface area (Å²) in [5, 5.41) is 2.22. The van der Waals surface area contributed by atoms with E-state index in [-0.39, 0.29) is 17.2 Å². The number of amides is 2. The molecule has 3 rings (SSSR count). The molecule has 8 nitrogen and oxygen atoms in total. The fourth-order valence-corrected chi connectivity index (χ4v) is 2.88. The van der Waals surface area contributed by atoms with E-state index in [0.29, 0.717) is 12.3 Å². The van der Waals surface area contributed by atoms with Gasteiger partial charge in [-0.25, -0.2) is 9.37 Å². The summed E-state index contributed by atoms with van der Waals surface area (Å²) in [6, 6.07) is 5.66. The third-order valence-corrected chi connectivity index (χ3v) is 4.47. The Morgan fingerprint density at radius 2 is 1.59 bits per heavy atom. The molecule has 3 N–H and O–H groups in total. The number of carbonyl (C=O) groups is 2. The van der Waals surface area contributed by atoms with Crippen molar-refractivity contribution < 1.29 is 54.5 Å². The first-order chi connectivity index (χ1) is 18.2. The second kappa shape index (κ2) is 12.3. The predicted octanol–water partition coefficient (Wildman–Crippen LogP) is 6.32. The molecule has 210 valence electrons. The Morgan fingerprint density at radius 3 is 2.15 bits per heavy atom. The molecule has 0 saturated carbocycles. The molecule has 0 atom stereocenters. The van der Waals surface area contributed by atoms with Gasteiger partial charge in [-0.05, 0) is 36.4 Å². The van der Waals surface area contributed by atoms with Crippen molar-refractivity contribution in [3.63, 3.8) is 0 Å². The lowest BCUT2D eigenvalue weighted by atomic mass is 10.1. The number of rotatable bonds is 7. The maximum Gasteiger partial charge on any atom is 0.573 e. The van der Waals surface area contributed by atoms with Crippen LogP contribution in [0.25, 0.3) is 0 Å². The van der Waals surface area contributed by atoms with E-state index in [1.54, 1.807) is 0 Å². The Kier molecular flexibility index (Phi) is 9.69. The van der Waals surface area contributed by atoms with Crippen LogP contribution in [0.4, 0.5) is 36.4 Å². The molecule has 1 aromatic heterocycles. The SMILES string of the molecule is CC.COc1cc(OC(F)(F)F)ccc1Oc1cc(C(F)(F)F)cnc1C(=O)Nc1ccc(F)c(C(N)=O)c1. The number of methoxy groups -OCH3 is 1. The third kappa shape index (κ3) is 8.21. The summed E-state index contributed by atoms with van der Waals surface area (Å²) in [5.41, 5.74) is 2.32. The Morgan fingerprint density at radius 1 is 0.923 bits per heavy atom. The summed E-state index contributed by atoms with van der Waals surface area (Å²) < 4.78 is 105. The van der Waals surface area contributed by atoms with E-state index in [1.807, 2.05) is 13.8 Å². The van der Waals surface area contributed by atoms with Gasteiger partial charge in [0.2, 0.25) is 0 Å². The Labute approximate surface area is 216 Å². The summed E-state index contributed by atoms with van der Waals surface area (Å²) in [5.74, 6) is -5.49. The molecule has 0 aliphatic heterocycles. The summed E-state index contributed by atoms with van der Waals surface area (Å²) in [6.45, 7) is 4.00. The van der Waals surface area contributed by atoms with Crippen molar-refractivity contribution in [2.45, 2.75) is 26.4 Å². The molecule has 0 fully saturated rings. The number of hydrogen-bond donors (Lipinski definition) is 2. The number of carbonyl (C=O) groups excluding carboxylic acids is 2. The second-order valence-corrected chi connectivity index (χ2v) is 7.04. The van der Waals surface area contributed by atoms with Gasteiger partial charge in [-0.15, -0.1) is 13.2 Å². The minimum atomic E-state index is -5.03. The average molecular weight is 563 g/mol. The van der Waals surface area contributed by atoms with E-state index in [1.165, 1.54) is 0 Å². The summed E-state index contributed by atoms with van der Waals surface area (Å²) in [4.78, 5) is 27.6. The summed E-state index contributed by atoms with van der Waals surface area (Å²) >= 11 is 0.